The van der Waals surface area contributed by atoms with E-state index in [-0.39, 0.29) is 23.8 Å². The molecule has 13 heteroatoms. The van der Waals surface area contributed by atoms with Crippen LogP contribution in [0.4, 0.5) is 24.9 Å². The van der Waals surface area contributed by atoms with Gasteiger partial charge >= 0.3 is 6.18 Å². The Balaban J connectivity index is 1.55. The van der Waals surface area contributed by atoms with E-state index in [9.17, 15) is 26.7 Å². The average Bonchev–Trinajstić information content (AvgIpc) is 3.20. The van der Waals surface area contributed by atoms with Gasteiger partial charge in [-0.25, -0.2) is 13.1 Å². The highest BCUT2D eigenvalue weighted by Crippen LogP contribution is 2.33. The molecule has 2 fully saturated rings. The molecule has 1 saturated heterocycles. The molecule has 0 bridgehead atoms. The number of hydrogen-bond acceptors (Lipinski definition) is 8. The molecule has 35 heavy (non-hydrogen) atoms. The van der Waals surface area contributed by atoms with Gasteiger partial charge in [0.2, 0.25) is 5.95 Å². The van der Waals surface area contributed by atoms with Gasteiger partial charge in [0.25, 0.3) is 0 Å². The third-order valence-electron chi connectivity index (χ3n) is 6.62. The van der Waals surface area contributed by atoms with Crippen molar-refractivity contribution in [2.75, 3.05) is 29.6 Å². The molecule has 1 aliphatic carbocycles. The van der Waals surface area contributed by atoms with Crippen molar-refractivity contribution >= 4 is 32.6 Å². The van der Waals surface area contributed by atoms with Crippen LogP contribution in [0.15, 0.2) is 30.5 Å². The number of aliphatic hydroxyl groups excluding tert-OH is 1. The lowest BCUT2D eigenvalue weighted by Crippen LogP contribution is -2.40. The molecular weight excluding hydrogens is 485 g/mol. The van der Waals surface area contributed by atoms with Crippen LogP contribution in [0.3, 0.4) is 0 Å². The molecule has 0 unspecified atom stereocenters. The Labute approximate surface area is 199 Å². The van der Waals surface area contributed by atoms with E-state index in [1.807, 2.05) is 4.90 Å². The van der Waals surface area contributed by atoms with Gasteiger partial charge in [0, 0.05) is 25.4 Å². The molecule has 3 aromatic rings. The van der Waals surface area contributed by atoms with Crippen molar-refractivity contribution in [1.29, 1.82) is 0 Å². The van der Waals surface area contributed by atoms with E-state index in [1.54, 1.807) is 0 Å². The highest BCUT2D eigenvalue weighted by Gasteiger charge is 2.32. The van der Waals surface area contributed by atoms with Crippen molar-refractivity contribution in [3.63, 3.8) is 0 Å². The zero-order valence-electron chi connectivity index (χ0n) is 18.9. The summed E-state index contributed by atoms with van der Waals surface area (Å²) in [5, 5.41) is 17.3. The zero-order valence-corrected chi connectivity index (χ0v) is 19.7. The summed E-state index contributed by atoms with van der Waals surface area (Å²) in [5.74, 6) is 0.825. The first kappa shape index (κ1) is 23.8. The second-order valence-corrected chi connectivity index (χ2v) is 11.5. The first-order chi connectivity index (χ1) is 16.5. The molecule has 2 aliphatic rings. The molecular formula is C22H25F3N6O3S. The largest absolute Gasteiger partial charge is 0.416 e. The number of fused-ring (bicyclic) bond motifs is 1. The maximum Gasteiger partial charge on any atom is 0.416 e. The van der Waals surface area contributed by atoms with E-state index in [2.05, 4.69) is 20.4 Å². The van der Waals surface area contributed by atoms with Gasteiger partial charge in [-0.2, -0.15) is 28.2 Å². The molecule has 9 nitrogen and oxygen atoms in total. The summed E-state index contributed by atoms with van der Waals surface area (Å²) in [7, 11) is -3.15. The predicted octanol–water partition coefficient (Wildman–Crippen LogP) is 2.78. The second-order valence-electron chi connectivity index (χ2n) is 9.19. The summed E-state index contributed by atoms with van der Waals surface area (Å²) in [5.41, 5.74) is -0.250. The standard InChI is InChI=1S/C22H25F3N6O3S/c1-35(33,34)17-5-7-30(8-6-17)19-18-12-26-31(15-4-2-3-13(9-15)22(23,24)25)20(18)29-21(28-19)27-14-10-16(32)11-14/h2-4,9,12,14,16-17,32H,5-8,10-11H2,1H3,(H,27,28,29)/t14-,16+. The molecule has 1 aromatic carbocycles. The van der Waals surface area contributed by atoms with Crippen LogP contribution in [0, 0.1) is 0 Å². The highest BCUT2D eigenvalue weighted by molar-refractivity contribution is 7.91. The molecule has 2 aromatic heterocycles. The number of aromatic nitrogens is 4. The van der Waals surface area contributed by atoms with E-state index < -0.39 is 26.8 Å². The number of halogens is 3. The number of hydrogen-bond donors (Lipinski definition) is 2. The van der Waals surface area contributed by atoms with Crippen molar-refractivity contribution in [2.45, 2.75) is 49.3 Å². The maximum absolute atomic E-state index is 13.3. The van der Waals surface area contributed by atoms with Crippen molar-refractivity contribution in [2.24, 2.45) is 0 Å². The van der Waals surface area contributed by atoms with Crippen molar-refractivity contribution in [3.8, 4) is 5.69 Å². The molecule has 188 valence electrons. The fourth-order valence-electron chi connectivity index (χ4n) is 4.59. The smallest absolute Gasteiger partial charge is 0.393 e. The molecule has 0 radical (unpaired) electrons. The van der Waals surface area contributed by atoms with Crippen LogP contribution in [0.5, 0.6) is 0 Å². The predicted molar refractivity (Wildman–Crippen MR) is 124 cm³/mol. The van der Waals surface area contributed by atoms with E-state index in [4.69, 9.17) is 0 Å². The Bertz CT molecular complexity index is 1350. The normalized spacial score (nSPS) is 21.8. The van der Waals surface area contributed by atoms with E-state index in [1.165, 1.54) is 29.3 Å². The summed E-state index contributed by atoms with van der Waals surface area (Å²) in [4.78, 5) is 11.2. The van der Waals surface area contributed by atoms with Gasteiger partial charge in [-0.1, -0.05) is 6.07 Å². The zero-order chi connectivity index (χ0) is 25.0. The van der Waals surface area contributed by atoms with Gasteiger partial charge in [-0.15, -0.1) is 0 Å². The van der Waals surface area contributed by atoms with Crippen molar-refractivity contribution in [1.82, 2.24) is 19.7 Å². The molecule has 1 saturated carbocycles. The molecule has 1 aliphatic heterocycles. The third kappa shape index (κ3) is 4.79. The van der Waals surface area contributed by atoms with Gasteiger partial charge in [-0.05, 0) is 43.9 Å². The number of nitrogens with zero attached hydrogens (tertiary/aromatic N) is 5. The molecule has 0 spiro atoms. The van der Waals surface area contributed by atoms with Gasteiger partial charge in [0.15, 0.2) is 5.65 Å². The Morgan fingerprint density at radius 2 is 1.86 bits per heavy atom. The first-order valence-electron chi connectivity index (χ1n) is 11.3. The van der Waals surface area contributed by atoms with Crippen LogP contribution >= 0.6 is 0 Å². The lowest BCUT2D eigenvalue weighted by molar-refractivity contribution is -0.137. The second kappa shape index (κ2) is 8.63. The lowest BCUT2D eigenvalue weighted by Gasteiger charge is -2.34. The Morgan fingerprint density at radius 3 is 2.49 bits per heavy atom. The quantitative estimate of drug-likeness (QED) is 0.539. The van der Waals surface area contributed by atoms with Crippen molar-refractivity contribution < 1.29 is 26.7 Å². The third-order valence-corrected chi connectivity index (χ3v) is 8.30. The van der Waals surface area contributed by atoms with Crippen LogP contribution in [-0.4, -0.2) is 70.0 Å². The number of aliphatic hydroxyl groups is 1. The summed E-state index contributed by atoms with van der Waals surface area (Å²) >= 11 is 0. The summed E-state index contributed by atoms with van der Waals surface area (Å²) in [6, 6.07) is 4.84. The number of piperidine rings is 1. The monoisotopic (exact) mass is 510 g/mol. The first-order valence-corrected chi connectivity index (χ1v) is 13.3. The van der Waals surface area contributed by atoms with E-state index in [0.29, 0.717) is 55.6 Å². The molecule has 3 heterocycles. The number of anilines is 2. The number of alkyl halides is 3. The van der Waals surface area contributed by atoms with Gasteiger partial charge in [0.1, 0.15) is 15.7 Å². The SMILES string of the molecule is CS(=O)(=O)C1CCN(c2nc(N[C@H]3C[C@@H](O)C3)nc3c2cnn3-c2cccc(C(F)(F)F)c2)CC1. The number of sulfone groups is 1. The van der Waals surface area contributed by atoms with Gasteiger partial charge < -0.3 is 15.3 Å². The van der Waals surface area contributed by atoms with Crippen LogP contribution in [0.25, 0.3) is 16.7 Å². The van der Waals surface area contributed by atoms with Crippen LogP contribution in [0.1, 0.15) is 31.2 Å². The number of nitrogens with one attached hydrogen (secondary N) is 1. The van der Waals surface area contributed by atoms with Crippen LogP contribution in [-0.2, 0) is 16.0 Å². The number of benzene rings is 1. The minimum atomic E-state index is -4.50. The maximum atomic E-state index is 13.3. The summed E-state index contributed by atoms with van der Waals surface area (Å²) in [6.07, 6.45) is -0.142. The van der Waals surface area contributed by atoms with Crippen LogP contribution < -0.4 is 10.2 Å². The molecule has 2 N–H and O–H groups in total. The minimum absolute atomic E-state index is 0.0174. The number of rotatable bonds is 5. The molecule has 5 rings (SSSR count). The van der Waals surface area contributed by atoms with Gasteiger partial charge in [-0.3, -0.25) is 0 Å². The Kier molecular flexibility index (Phi) is 5.86. The summed E-state index contributed by atoms with van der Waals surface area (Å²) < 4.78 is 65.2. The molecule has 0 atom stereocenters. The van der Waals surface area contributed by atoms with Gasteiger partial charge in [0.05, 0.1) is 34.2 Å². The fourth-order valence-corrected chi connectivity index (χ4v) is 5.65. The van der Waals surface area contributed by atoms with Crippen molar-refractivity contribution in [3.05, 3.63) is 36.0 Å². The molecule has 0 amide bonds. The Morgan fingerprint density at radius 1 is 1.14 bits per heavy atom. The van der Waals surface area contributed by atoms with E-state index in [0.717, 1.165) is 12.1 Å². The fraction of sp³-hybridized carbons (Fsp3) is 0.500. The average molecular weight is 511 g/mol. The topological polar surface area (TPSA) is 113 Å². The van der Waals surface area contributed by atoms with E-state index >= 15 is 0 Å². The minimum Gasteiger partial charge on any atom is -0.393 e. The lowest BCUT2D eigenvalue weighted by atomic mass is 9.90. The highest BCUT2D eigenvalue weighted by atomic mass is 32.2. The summed E-state index contributed by atoms with van der Waals surface area (Å²) in [6.45, 7) is 0.917. The Hall–Kier alpha value is -2.93. The van der Waals surface area contributed by atoms with Crippen LogP contribution in [0.2, 0.25) is 0 Å².